The van der Waals surface area contributed by atoms with Crippen molar-refractivity contribution in [2.45, 2.75) is 60.0 Å². The minimum absolute atomic E-state index is 0.0238. The van der Waals surface area contributed by atoms with Gasteiger partial charge in [-0.25, -0.2) is 0 Å². The molecule has 0 spiro atoms. The summed E-state index contributed by atoms with van der Waals surface area (Å²) in [6.45, 7) is 13.9. The zero-order chi connectivity index (χ0) is 18.4. The van der Waals surface area contributed by atoms with Crippen LogP contribution in [0.2, 0.25) is 0 Å². The second kappa shape index (κ2) is 9.08. The molecular formula is C22H30BNO. The molecule has 132 valence electrons. The minimum atomic E-state index is 0.0238. The summed E-state index contributed by atoms with van der Waals surface area (Å²) in [7, 11) is 0.0238. The summed E-state index contributed by atoms with van der Waals surface area (Å²) in [6, 6.07) is 11.0. The quantitative estimate of drug-likeness (QED) is 0.575. The fourth-order valence-electron chi connectivity index (χ4n) is 3.33. The maximum absolute atomic E-state index is 6.14. The van der Waals surface area contributed by atoms with Crippen molar-refractivity contribution in [3.63, 3.8) is 0 Å². The van der Waals surface area contributed by atoms with Crippen LogP contribution in [0.1, 0.15) is 53.5 Å². The molecule has 0 radical (unpaired) electrons. The van der Waals surface area contributed by atoms with Crippen LogP contribution in [0, 0.1) is 11.8 Å². The molecule has 0 aromatic heterocycles. The van der Waals surface area contributed by atoms with E-state index >= 15 is 0 Å². The largest absolute Gasteiger partial charge is 0.417 e. The van der Waals surface area contributed by atoms with Gasteiger partial charge in [-0.1, -0.05) is 63.3 Å². The van der Waals surface area contributed by atoms with E-state index in [4.69, 9.17) is 4.65 Å². The normalized spacial score (nSPS) is 16.3. The van der Waals surface area contributed by atoms with Gasteiger partial charge >= 0.3 is 7.05 Å². The van der Waals surface area contributed by atoms with Crippen LogP contribution in [0.3, 0.4) is 0 Å². The Morgan fingerprint density at radius 1 is 1.12 bits per heavy atom. The van der Waals surface area contributed by atoms with Gasteiger partial charge in [0, 0.05) is 17.7 Å². The number of hydrogen-bond acceptors (Lipinski definition) is 2. The summed E-state index contributed by atoms with van der Waals surface area (Å²) >= 11 is 0. The van der Waals surface area contributed by atoms with Crippen LogP contribution in [0.25, 0.3) is 0 Å². The van der Waals surface area contributed by atoms with Gasteiger partial charge in [-0.3, -0.25) is 0 Å². The molecule has 1 aliphatic rings. The standard InChI is InChI=1S/C22H30BNO/c1-17(2)16-21(13-12-20-10-8-7-9-11-20)22-14-15-25-23(22)24(18(3)4)19(5)6/h7-11,16,18-19H,14-15H2,1-6H3/b22-21-. The van der Waals surface area contributed by atoms with Gasteiger partial charge in [0.15, 0.2) is 0 Å². The second-order valence-corrected chi connectivity index (χ2v) is 7.38. The molecule has 0 N–H and O–H groups in total. The van der Waals surface area contributed by atoms with Gasteiger partial charge < -0.3 is 9.47 Å². The highest BCUT2D eigenvalue weighted by Crippen LogP contribution is 2.27. The van der Waals surface area contributed by atoms with E-state index in [1.54, 1.807) is 0 Å². The third-order valence-corrected chi connectivity index (χ3v) is 4.30. The van der Waals surface area contributed by atoms with Crippen molar-refractivity contribution in [2.24, 2.45) is 0 Å². The molecule has 1 aromatic carbocycles. The highest BCUT2D eigenvalue weighted by Gasteiger charge is 2.38. The average Bonchev–Trinajstić information content (AvgIpc) is 3.00. The molecular weight excluding hydrogens is 305 g/mol. The van der Waals surface area contributed by atoms with E-state index in [9.17, 15) is 0 Å². The van der Waals surface area contributed by atoms with E-state index in [1.165, 1.54) is 11.0 Å². The van der Waals surface area contributed by atoms with Gasteiger partial charge in [-0.2, -0.15) is 0 Å². The van der Waals surface area contributed by atoms with Crippen LogP contribution in [0.5, 0.6) is 0 Å². The smallest absolute Gasteiger partial charge is 0.416 e. The van der Waals surface area contributed by atoms with Crippen LogP contribution in [0.4, 0.5) is 0 Å². The van der Waals surface area contributed by atoms with Gasteiger partial charge in [-0.05, 0) is 56.0 Å². The number of nitrogens with zero attached hydrogens (tertiary/aromatic N) is 1. The molecule has 2 nitrogen and oxygen atoms in total. The molecule has 0 bridgehead atoms. The maximum atomic E-state index is 6.14. The number of allylic oxidation sites excluding steroid dienone is 3. The van der Waals surface area contributed by atoms with Crippen molar-refractivity contribution in [1.29, 1.82) is 0 Å². The van der Waals surface area contributed by atoms with Crippen molar-refractivity contribution in [2.75, 3.05) is 6.61 Å². The summed E-state index contributed by atoms with van der Waals surface area (Å²) in [5, 5.41) is 0. The highest BCUT2D eigenvalue weighted by molar-refractivity contribution is 6.58. The van der Waals surface area contributed by atoms with Crippen LogP contribution in [-0.4, -0.2) is 30.6 Å². The summed E-state index contributed by atoms with van der Waals surface area (Å²) < 4.78 is 6.14. The predicted octanol–water partition coefficient (Wildman–Crippen LogP) is 4.87. The van der Waals surface area contributed by atoms with Crippen molar-refractivity contribution in [3.05, 3.63) is 58.6 Å². The van der Waals surface area contributed by atoms with Gasteiger partial charge in [0.05, 0.1) is 0 Å². The molecule has 1 aromatic rings. The number of benzene rings is 1. The highest BCUT2D eigenvalue weighted by atomic mass is 16.4. The fourth-order valence-corrected chi connectivity index (χ4v) is 3.33. The van der Waals surface area contributed by atoms with E-state index in [2.05, 4.69) is 76.4 Å². The summed E-state index contributed by atoms with van der Waals surface area (Å²) in [6.07, 6.45) is 3.15. The molecule has 3 heteroatoms. The molecule has 1 aliphatic heterocycles. The van der Waals surface area contributed by atoms with E-state index in [1.807, 2.05) is 18.2 Å². The first-order chi connectivity index (χ1) is 11.9. The first kappa shape index (κ1) is 19.6. The molecule has 1 fully saturated rings. The lowest BCUT2D eigenvalue weighted by Gasteiger charge is -2.34. The van der Waals surface area contributed by atoms with Crippen LogP contribution >= 0.6 is 0 Å². The third kappa shape index (κ3) is 5.36. The van der Waals surface area contributed by atoms with Gasteiger partial charge in [0.2, 0.25) is 0 Å². The Bertz CT molecular complexity index is 680. The molecule has 0 aliphatic carbocycles. The molecule has 2 rings (SSSR count). The van der Waals surface area contributed by atoms with E-state index in [0.717, 1.165) is 24.2 Å². The SMILES string of the molecule is CC(C)=C/C(C#Cc1ccccc1)=C1/CCOB1N(C(C)C)C(C)C. The van der Waals surface area contributed by atoms with Crippen molar-refractivity contribution in [1.82, 2.24) is 4.81 Å². The summed E-state index contributed by atoms with van der Waals surface area (Å²) in [5.74, 6) is 6.74. The first-order valence-corrected chi connectivity index (χ1v) is 9.24. The second-order valence-electron chi connectivity index (χ2n) is 7.38. The van der Waals surface area contributed by atoms with Crippen LogP contribution < -0.4 is 0 Å². The Kier molecular flexibility index (Phi) is 7.11. The molecule has 25 heavy (non-hydrogen) atoms. The third-order valence-electron chi connectivity index (χ3n) is 4.30. The Morgan fingerprint density at radius 3 is 2.32 bits per heavy atom. The number of rotatable bonds is 4. The van der Waals surface area contributed by atoms with Crippen LogP contribution in [0.15, 0.2) is 53.0 Å². The van der Waals surface area contributed by atoms with Gasteiger partial charge in [0.1, 0.15) is 0 Å². The zero-order valence-corrected chi connectivity index (χ0v) is 16.5. The Hall–Kier alpha value is -1.76. The summed E-state index contributed by atoms with van der Waals surface area (Å²) in [5.41, 5.74) is 4.73. The topological polar surface area (TPSA) is 12.5 Å². The Labute approximate surface area is 154 Å². The summed E-state index contributed by atoms with van der Waals surface area (Å²) in [4.78, 5) is 2.44. The van der Waals surface area contributed by atoms with Gasteiger partial charge in [0.25, 0.3) is 0 Å². The lowest BCUT2D eigenvalue weighted by molar-refractivity contribution is 0.236. The number of hydrogen-bond donors (Lipinski definition) is 0. The van der Waals surface area contributed by atoms with Crippen LogP contribution in [-0.2, 0) is 4.65 Å². The van der Waals surface area contributed by atoms with Crippen molar-refractivity contribution < 1.29 is 4.65 Å². The van der Waals surface area contributed by atoms with Crippen molar-refractivity contribution in [3.8, 4) is 11.8 Å². The molecule has 0 atom stereocenters. The minimum Gasteiger partial charge on any atom is -0.417 e. The lowest BCUT2D eigenvalue weighted by atomic mass is 9.67. The zero-order valence-electron chi connectivity index (χ0n) is 16.5. The Balaban J connectivity index is 2.47. The Morgan fingerprint density at radius 2 is 1.76 bits per heavy atom. The van der Waals surface area contributed by atoms with E-state index in [0.29, 0.717) is 12.1 Å². The van der Waals surface area contributed by atoms with E-state index < -0.39 is 0 Å². The maximum Gasteiger partial charge on any atom is 0.416 e. The average molecular weight is 335 g/mol. The van der Waals surface area contributed by atoms with Gasteiger partial charge in [-0.15, -0.1) is 0 Å². The first-order valence-electron chi connectivity index (χ1n) is 9.24. The molecule has 0 saturated carbocycles. The lowest BCUT2D eigenvalue weighted by Crippen LogP contribution is -2.49. The van der Waals surface area contributed by atoms with Crippen molar-refractivity contribution >= 4 is 7.05 Å². The predicted molar refractivity (Wildman–Crippen MR) is 108 cm³/mol. The molecule has 1 heterocycles. The molecule has 0 unspecified atom stereocenters. The fraction of sp³-hybridized carbons (Fsp3) is 0.455. The monoisotopic (exact) mass is 335 g/mol. The molecule has 0 amide bonds. The molecule has 1 saturated heterocycles. The van der Waals surface area contributed by atoms with E-state index in [-0.39, 0.29) is 7.05 Å².